The van der Waals surface area contributed by atoms with Crippen molar-refractivity contribution in [2.45, 2.75) is 18.4 Å². The Hall–Kier alpha value is -1.24. The molecule has 0 radical (unpaired) electrons. The molecule has 18 heavy (non-hydrogen) atoms. The van der Waals surface area contributed by atoms with Gasteiger partial charge in [0.1, 0.15) is 5.82 Å². The summed E-state index contributed by atoms with van der Waals surface area (Å²) in [6, 6.07) is 3.42. The molecule has 1 atom stereocenters. The fourth-order valence-corrected chi connectivity index (χ4v) is 2.13. The van der Waals surface area contributed by atoms with Gasteiger partial charge in [-0.1, -0.05) is 15.9 Å². The minimum atomic E-state index is -3.35. The summed E-state index contributed by atoms with van der Waals surface area (Å²) in [5.74, 6) is -4.11. The summed E-state index contributed by atoms with van der Waals surface area (Å²) < 4.78 is 46.7. The Morgan fingerprint density at radius 1 is 1.44 bits per heavy atom. The third-order valence-corrected chi connectivity index (χ3v) is 3.39. The predicted octanol–water partition coefficient (Wildman–Crippen LogP) is 2.78. The van der Waals surface area contributed by atoms with E-state index in [1.165, 1.54) is 12.1 Å². The Morgan fingerprint density at radius 3 is 2.78 bits per heavy atom. The zero-order valence-electron chi connectivity index (χ0n) is 9.38. The first-order valence-electron chi connectivity index (χ1n) is 5.08. The van der Waals surface area contributed by atoms with Crippen LogP contribution in [0.2, 0.25) is 0 Å². The Labute approximate surface area is 110 Å². The number of rotatable bonds is 1. The van der Waals surface area contributed by atoms with E-state index in [0.717, 1.165) is 13.0 Å². The number of halogens is 4. The van der Waals surface area contributed by atoms with Gasteiger partial charge in [0.05, 0.1) is 0 Å². The van der Waals surface area contributed by atoms with Crippen LogP contribution in [-0.2, 0) is 10.3 Å². The summed E-state index contributed by atoms with van der Waals surface area (Å²) in [6.07, 6.45) is 0. The largest absolute Gasteiger partial charge is 0.459 e. The van der Waals surface area contributed by atoms with Crippen LogP contribution < -0.4 is 5.73 Å². The Balaban J connectivity index is 2.65. The van der Waals surface area contributed by atoms with Gasteiger partial charge in [-0.3, -0.25) is 0 Å². The third kappa shape index (κ3) is 1.96. The van der Waals surface area contributed by atoms with Crippen molar-refractivity contribution in [1.82, 2.24) is 0 Å². The maximum atomic E-state index is 14.0. The first-order valence-corrected chi connectivity index (χ1v) is 5.87. The molecule has 0 saturated carbocycles. The minimum absolute atomic E-state index is 0.229. The molecule has 3 nitrogen and oxygen atoms in total. The van der Waals surface area contributed by atoms with Crippen LogP contribution in [0.15, 0.2) is 27.7 Å². The molecule has 98 valence electrons. The number of hydrogen-bond donors (Lipinski definition) is 1. The molecule has 1 heterocycles. The number of hydrogen-bond acceptors (Lipinski definition) is 3. The molecule has 0 amide bonds. The highest BCUT2D eigenvalue weighted by atomic mass is 79.9. The zero-order valence-corrected chi connectivity index (χ0v) is 11.0. The Kier molecular flexibility index (Phi) is 3.04. The van der Waals surface area contributed by atoms with Crippen LogP contribution in [-0.4, -0.2) is 18.6 Å². The summed E-state index contributed by atoms with van der Waals surface area (Å²) in [5.41, 5.74) is 3.01. The van der Waals surface area contributed by atoms with Crippen molar-refractivity contribution in [2.75, 3.05) is 6.61 Å². The van der Waals surface area contributed by atoms with Gasteiger partial charge in [-0.05, 0) is 25.1 Å². The lowest BCUT2D eigenvalue weighted by Crippen LogP contribution is -2.51. The van der Waals surface area contributed by atoms with E-state index in [4.69, 9.17) is 5.73 Å². The summed E-state index contributed by atoms with van der Waals surface area (Å²) >= 11 is 3.12. The summed E-state index contributed by atoms with van der Waals surface area (Å²) in [5, 5.41) is 0. The predicted molar refractivity (Wildman–Crippen MR) is 64.0 cm³/mol. The second-order valence-corrected chi connectivity index (χ2v) is 5.06. The highest BCUT2D eigenvalue weighted by Gasteiger charge is 2.56. The fourth-order valence-electron chi connectivity index (χ4n) is 1.77. The van der Waals surface area contributed by atoms with Crippen LogP contribution in [0.1, 0.15) is 12.5 Å². The number of amidine groups is 1. The van der Waals surface area contributed by atoms with E-state index in [2.05, 4.69) is 25.7 Å². The normalized spacial score (nSPS) is 26.4. The van der Waals surface area contributed by atoms with Gasteiger partial charge in [-0.15, -0.1) is 0 Å². The molecule has 0 aliphatic carbocycles. The molecule has 2 N–H and O–H groups in total. The quantitative estimate of drug-likeness (QED) is 0.864. The van der Waals surface area contributed by atoms with Crippen LogP contribution in [0, 0.1) is 5.82 Å². The first kappa shape index (κ1) is 13.2. The Morgan fingerprint density at radius 2 is 2.11 bits per heavy atom. The molecule has 2 rings (SSSR count). The topological polar surface area (TPSA) is 47.6 Å². The molecule has 0 aromatic heterocycles. The molecule has 0 fully saturated rings. The van der Waals surface area contributed by atoms with Crippen LogP contribution in [0.4, 0.5) is 13.2 Å². The number of nitrogens with zero attached hydrogens (tertiary/aromatic N) is 1. The maximum Gasteiger partial charge on any atom is 0.310 e. The van der Waals surface area contributed by atoms with E-state index in [0.29, 0.717) is 4.47 Å². The summed E-state index contributed by atoms with van der Waals surface area (Å²) in [6.45, 7) is 0.206. The molecule has 0 unspecified atom stereocenters. The van der Waals surface area contributed by atoms with Crippen molar-refractivity contribution in [3.8, 4) is 0 Å². The molecule has 7 heteroatoms. The standard InChI is InChI=1S/C11H10BrF3N2O/c1-10(7-4-6(12)2-3-8(7)13)11(14,15)5-18-9(16)17-10/h2-4H,5H2,1H3,(H2,16,17)/t10-/m1/s1. The van der Waals surface area contributed by atoms with E-state index in [9.17, 15) is 13.2 Å². The lowest BCUT2D eigenvalue weighted by atomic mass is 9.85. The van der Waals surface area contributed by atoms with Crippen molar-refractivity contribution in [3.63, 3.8) is 0 Å². The van der Waals surface area contributed by atoms with E-state index in [1.807, 2.05) is 0 Å². The van der Waals surface area contributed by atoms with Crippen LogP contribution >= 0.6 is 15.9 Å². The van der Waals surface area contributed by atoms with Gasteiger partial charge >= 0.3 is 5.92 Å². The molecule has 0 spiro atoms. The van der Waals surface area contributed by atoms with Gasteiger partial charge in [0.15, 0.2) is 12.1 Å². The van der Waals surface area contributed by atoms with Crippen LogP contribution in [0.25, 0.3) is 0 Å². The van der Waals surface area contributed by atoms with Crippen molar-refractivity contribution >= 4 is 22.0 Å². The van der Waals surface area contributed by atoms with Gasteiger partial charge in [-0.25, -0.2) is 9.38 Å². The molecule has 0 bridgehead atoms. The van der Waals surface area contributed by atoms with Crippen molar-refractivity contribution in [3.05, 3.63) is 34.1 Å². The van der Waals surface area contributed by atoms with Crippen LogP contribution in [0.5, 0.6) is 0 Å². The summed E-state index contributed by atoms with van der Waals surface area (Å²) in [7, 11) is 0. The van der Waals surface area contributed by atoms with Gasteiger partial charge < -0.3 is 10.5 Å². The number of alkyl halides is 2. The highest BCUT2D eigenvalue weighted by molar-refractivity contribution is 9.10. The van der Waals surface area contributed by atoms with Crippen molar-refractivity contribution in [2.24, 2.45) is 10.7 Å². The lowest BCUT2D eigenvalue weighted by molar-refractivity contribution is -0.117. The zero-order chi connectivity index (χ0) is 13.6. The van der Waals surface area contributed by atoms with E-state index in [-0.39, 0.29) is 11.6 Å². The number of nitrogens with two attached hydrogens (primary N) is 1. The third-order valence-electron chi connectivity index (χ3n) is 2.90. The fraction of sp³-hybridized carbons (Fsp3) is 0.364. The van der Waals surface area contributed by atoms with Crippen LogP contribution in [0.3, 0.4) is 0 Å². The van der Waals surface area contributed by atoms with E-state index < -0.39 is 23.9 Å². The number of aliphatic imine (C=N–C) groups is 1. The molecule has 1 aromatic rings. The van der Waals surface area contributed by atoms with E-state index >= 15 is 0 Å². The molecule has 0 saturated heterocycles. The van der Waals surface area contributed by atoms with Gasteiger partial charge in [-0.2, -0.15) is 8.78 Å². The smallest absolute Gasteiger partial charge is 0.310 e. The van der Waals surface area contributed by atoms with Crippen molar-refractivity contribution in [1.29, 1.82) is 0 Å². The molecular formula is C11H10BrF3N2O. The highest BCUT2D eigenvalue weighted by Crippen LogP contribution is 2.44. The second kappa shape index (κ2) is 4.15. The van der Waals surface area contributed by atoms with Gasteiger partial charge in [0.25, 0.3) is 6.02 Å². The first-order chi connectivity index (χ1) is 8.26. The Bertz CT molecular complexity index is 521. The number of ether oxygens (including phenoxy) is 1. The van der Waals surface area contributed by atoms with Gasteiger partial charge in [0, 0.05) is 10.0 Å². The maximum absolute atomic E-state index is 14.0. The van der Waals surface area contributed by atoms with Crippen molar-refractivity contribution < 1.29 is 17.9 Å². The molecule has 1 aliphatic heterocycles. The molecule has 1 aliphatic rings. The summed E-state index contributed by atoms with van der Waals surface area (Å²) in [4.78, 5) is 3.60. The monoisotopic (exact) mass is 322 g/mol. The SMILES string of the molecule is C[C@]1(c2cc(Br)ccc2F)N=C(N)OCC1(F)F. The molecule has 1 aromatic carbocycles. The molecular weight excluding hydrogens is 313 g/mol. The minimum Gasteiger partial charge on any atom is -0.459 e. The average Bonchev–Trinajstić information content (AvgIpc) is 2.28. The second-order valence-electron chi connectivity index (χ2n) is 4.14. The number of benzene rings is 1. The van der Waals surface area contributed by atoms with E-state index in [1.54, 1.807) is 0 Å². The van der Waals surface area contributed by atoms with Gasteiger partial charge in [0.2, 0.25) is 0 Å². The average molecular weight is 323 g/mol. The lowest BCUT2D eigenvalue weighted by Gasteiger charge is -2.37.